The van der Waals surface area contributed by atoms with Crippen molar-refractivity contribution < 1.29 is 23.8 Å². The molecule has 10 heteroatoms. The first-order valence-electron chi connectivity index (χ1n) is 13.6. The number of nitrogens with zero attached hydrogens (tertiary/aromatic N) is 4. The Balaban J connectivity index is 1.56. The topological polar surface area (TPSA) is 86.1 Å². The molecule has 1 saturated heterocycles. The number of carbonyl (C=O) groups excluding carboxylic acids is 2. The second-order valence-corrected chi connectivity index (χ2v) is 12.4. The Hall–Kier alpha value is -3.66. The standard InChI is InChI=1S/C30H34N4O5S/c1-30(2,3)28-26-27(19-7-12-22-23(15-19)39-18-38-22)40-17-25(36)33(16-24(35)32-13-5-6-14-32)29(26)34(31-28)20-8-10-21(37-4)11-9-20/h7-12,15,27H,5-6,13-14,16-18H2,1-4H3/t27-/m1/s1. The minimum absolute atomic E-state index is 0.0221. The number of aromatic nitrogens is 2. The molecule has 0 aliphatic carbocycles. The Labute approximate surface area is 238 Å². The van der Waals surface area contributed by atoms with E-state index in [9.17, 15) is 9.59 Å². The molecule has 2 amide bonds. The number of carbonyl (C=O) groups is 2. The number of benzene rings is 2. The Morgan fingerprint density at radius 3 is 2.50 bits per heavy atom. The molecule has 3 aliphatic rings. The molecule has 0 bridgehead atoms. The number of amides is 2. The largest absolute Gasteiger partial charge is 0.497 e. The zero-order chi connectivity index (χ0) is 28.0. The van der Waals surface area contributed by atoms with Crippen LogP contribution in [0.2, 0.25) is 0 Å². The maximum absolute atomic E-state index is 13.9. The van der Waals surface area contributed by atoms with Gasteiger partial charge in [-0.05, 0) is 54.8 Å². The lowest BCUT2D eigenvalue weighted by Crippen LogP contribution is -2.43. The molecular weight excluding hydrogens is 528 g/mol. The van der Waals surface area contributed by atoms with Crippen LogP contribution >= 0.6 is 11.8 Å². The summed E-state index contributed by atoms with van der Waals surface area (Å²) in [6.07, 6.45) is 1.98. The van der Waals surface area contributed by atoms with Gasteiger partial charge in [0.05, 0.1) is 29.5 Å². The Morgan fingerprint density at radius 2 is 1.80 bits per heavy atom. The van der Waals surface area contributed by atoms with Gasteiger partial charge in [0.2, 0.25) is 18.6 Å². The number of rotatable bonds is 5. The number of likely N-dealkylation sites (tertiary alicyclic amines) is 1. The number of fused-ring (bicyclic) bond motifs is 2. The van der Waals surface area contributed by atoms with Crippen LogP contribution in [0.4, 0.5) is 5.82 Å². The molecule has 1 aromatic heterocycles. The van der Waals surface area contributed by atoms with Gasteiger partial charge in [-0.15, -0.1) is 11.8 Å². The Bertz CT molecular complexity index is 1440. The summed E-state index contributed by atoms with van der Waals surface area (Å²) in [5.74, 6) is 2.84. The fourth-order valence-corrected chi connectivity index (χ4v) is 6.71. The highest BCUT2D eigenvalue weighted by molar-refractivity contribution is 8.00. The third-order valence-electron chi connectivity index (χ3n) is 7.57. The number of hydrogen-bond acceptors (Lipinski definition) is 7. The average molecular weight is 563 g/mol. The van der Waals surface area contributed by atoms with E-state index in [0.717, 1.165) is 54.2 Å². The first kappa shape index (κ1) is 26.6. The van der Waals surface area contributed by atoms with Crippen molar-refractivity contribution in [3.8, 4) is 22.9 Å². The molecule has 6 rings (SSSR count). The zero-order valence-electron chi connectivity index (χ0n) is 23.3. The van der Waals surface area contributed by atoms with Crippen LogP contribution in [0.1, 0.15) is 55.7 Å². The van der Waals surface area contributed by atoms with Gasteiger partial charge >= 0.3 is 0 Å². The summed E-state index contributed by atoms with van der Waals surface area (Å²) in [6, 6.07) is 13.6. The van der Waals surface area contributed by atoms with Gasteiger partial charge in [-0.3, -0.25) is 14.5 Å². The number of ether oxygens (including phenoxy) is 3. The first-order chi connectivity index (χ1) is 19.2. The molecule has 2 aromatic carbocycles. The van der Waals surface area contributed by atoms with E-state index in [2.05, 4.69) is 20.8 Å². The van der Waals surface area contributed by atoms with Gasteiger partial charge in [-0.25, -0.2) is 4.68 Å². The molecule has 40 heavy (non-hydrogen) atoms. The van der Waals surface area contributed by atoms with Crippen LogP contribution in [0.15, 0.2) is 42.5 Å². The summed E-state index contributed by atoms with van der Waals surface area (Å²) in [5, 5.41) is 4.95. The summed E-state index contributed by atoms with van der Waals surface area (Å²) < 4.78 is 18.5. The van der Waals surface area contributed by atoms with Crippen LogP contribution in [-0.2, 0) is 15.0 Å². The van der Waals surface area contributed by atoms with Gasteiger partial charge in [0, 0.05) is 24.1 Å². The maximum atomic E-state index is 13.9. The second-order valence-electron chi connectivity index (χ2n) is 11.3. The molecule has 0 saturated carbocycles. The number of anilines is 1. The molecule has 0 N–H and O–H groups in total. The average Bonchev–Trinajstić information content (AvgIpc) is 3.70. The summed E-state index contributed by atoms with van der Waals surface area (Å²) in [7, 11) is 1.63. The van der Waals surface area contributed by atoms with Gasteiger partial charge in [-0.2, -0.15) is 5.10 Å². The van der Waals surface area contributed by atoms with Crippen LogP contribution < -0.4 is 19.1 Å². The molecule has 9 nitrogen and oxygen atoms in total. The highest BCUT2D eigenvalue weighted by atomic mass is 32.2. The van der Waals surface area contributed by atoms with E-state index in [1.165, 1.54) is 0 Å². The van der Waals surface area contributed by atoms with Crippen molar-refractivity contribution in [3.05, 3.63) is 59.3 Å². The van der Waals surface area contributed by atoms with Crippen LogP contribution in [0, 0.1) is 0 Å². The van der Waals surface area contributed by atoms with E-state index in [-0.39, 0.29) is 41.6 Å². The minimum Gasteiger partial charge on any atom is -0.497 e. The third-order valence-corrected chi connectivity index (χ3v) is 8.82. The maximum Gasteiger partial charge on any atom is 0.242 e. The lowest BCUT2D eigenvalue weighted by molar-refractivity contribution is -0.130. The minimum atomic E-state index is -0.338. The molecule has 0 radical (unpaired) electrons. The molecule has 1 atom stereocenters. The molecule has 1 fully saturated rings. The number of methoxy groups -OCH3 is 1. The third kappa shape index (κ3) is 4.78. The van der Waals surface area contributed by atoms with Crippen molar-refractivity contribution in [2.24, 2.45) is 0 Å². The van der Waals surface area contributed by atoms with Crippen molar-refractivity contribution in [1.82, 2.24) is 14.7 Å². The lowest BCUT2D eigenvalue weighted by Gasteiger charge is -2.26. The van der Waals surface area contributed by atoms with E-state index in [1.54, 1.807) is 23.8 Å². The zero-order valence-corrected chi connectivity index (χ0v) is 24.1. The predicted octanol–water partition coefficient (Wildman–Crippen LogP) is 4.70. The Morgan fingerprint density at radius 1 is 1.07 bits per heavy atom. The highest BCUT2D eigenvalue weighted by Gasteiger charge is 2.40. The molecule has 4 heterocycles. The van der Waals surface area contributed by atoms with Crippen LogP contribution in [0.3, 0.4) is 0 Å². The van der Waals surface area contributed by atoms with E-state index in [4.69, 9.17) is 19.3 Å². The summed E-state index contributed by atoms with van der Waals surface area (Å²) in [6.45, 7) is 8.01. The summed E-state index contributed by atoms with van der Waals surface area (Å²) in [4.78, 5) is 30.8. The predicted molar refractivity (Wildman–Crippen MR) is 154 cm³/mol. The van der Waals surface area contributed by atoms with Gasteiger partial charge < -0.3 is 19.1 Å². The number of thioether (sulfide) groups is 1. The SMILES string of the molecule is COc1ccc(-n2nc(C(C)(C)C)c3c2N(CC(=O)N2CCCC2)C(=O)CS[C@@H]3c2ccc3c(c2)OCO3)cc1. The number of hydrogen-bond donors (Lipinski definition) is 0. The molecule has 3 aliphatic heterocycles. The van der Waals surface area contributed by atoms with Crippen LogP contribution in [0.25, 0.3) is 5.69 Å². The fraction of sp³-hybridized carbons (Fsp3) is 0.433. The lowest BCUT2D eigenvalue weighted by atomic mass is 9.87. The fourth-order valence-electron chi connectivity index (χ4n) is 5.52. The Kier molecular flexibility index (Phi) is 6.90. The normalized spacial score (nSPS) is 18.6. The van der Waals surface area contributed by atoms with Gasteiger partial charge in [-0.1, -0.05) is 26.8 Å². The van der Waals surface area contributed by atoms with Crippen LogP contribution in [0.5, 0.6) is 17.2 Å². The van der Waals surface area contributed by atoms with Crippen LogP contribution in [-0.4, -0.2) is 65.8 Å². The van der Waals surface area contributed by atoms with Crippen molar-refractivity contribution in [1.29, 1.82) is 0 Å². The molecular formula is C30H34N4O5S. The molecule has 3 aromatic rings. The van der Waals surface area contributed by atoms with E-state index in [1.807, 2.05) is 52.0 Å². The van der Waals surface area contributed by atoms with Crippen molar-refractivity contribution in [2.45, 2.75) is 44.3 Å². The van der Waals surface area contributed by atoms with Gasteiger partial charge in [0.15, 0.2) is 11.5 Å². The van der Waals surface area contributed by atoms with Crippen molar-refractivity contribution >= 4 is 29.4 Å². The molecule has 210 valence electrons. The van der Waals surface area contributed by atoms with E-state index >= 15 is 0 Å². The monoisotopic (exact) mass is 562 g/mol. The second kappa shape index (κ2) is 10.4. The summed E-state index contributed by atoms with van der Waals surface area (Å²) in [5.41, 5.74) is 3.26. The van der Waals surface area contributed by atoms with Crippen molar-refractivity contribution in [3.63, 3.8) is 0 Å². The quantitative estimate of drug-likeness (QED) is 0.446. The van der Waals surface area contributed by atoms with Gasteiger partial charge in [0.1, 0.15) is 18.1 Å². The van der Waals surface area contributed by atoms with Gasteiger partial charge in [0.25, 0.3) is 0 Å². The van der Waals surface area contributed by atoms with E-state index < -0.39 is 0 Å². The van der Waals surface area contributed by atoms with Crippen molar-refractivity contribution in [2.75, 3.05) is 44.2 Å². The highest BCUT2D eigenvalue weighted by Crippen LogP contribution is 2.50. The molecule has 0 spiro atoms. The first-order valence-corrected chi connectivity index (χ1v) is 14.7. The molecule has 0 unspecified atom stereocenters. The van der Waals surface area contributed by atoms with E-state index in [0.29, 0.717) is 17.3 Å². The smallest absolute Gasteiger partial charge is 0.242 e. The summed E-state index contributed by atoms with van der Waals surface area (Å²) >= 11 is 1.56.